The van der Waals surface area contributed by atoms with Gasteiger partial charge < -0.3 is 0 Å². The van der Waals surface area contributed by atoms with Crippen LogP contribution in [0.4, 0.5) is 0 Å². The molecule has 0 saturated carbocycles. The van der Waals surface area contributed by atoms with Gasteiger partial charge in [-0.25, -0.2) is 23.5 Å². The van der Waals surface area contributed by atoms with E-state index in [0.717, 1.165) is 36.9 Å². The average Bonchev–Trinajstić information content (AvgIpc) is 2.39. The van der Waals surface area contributed by atoms with Crippen LogP contribution in [0.3, 0.4) is 0 Å². The zero-order chi connectivity index (χ0) is 10.9. The number of sulfonamides is 1. The summed E-state index contributed by atoms with van der Waals surface area (Å²) in [5.41, 5.74) is 1.56. The first-order valence-corrected chi connectivity index (χ1v) is 6.49. The Morgan fingerprint density at radius 2 is 1.87 bits per heavy atom. The van der Waals surface area contributed by atoms with Gasteiger partial charge in [-0.05, 0) is 25.7 Å². The molecular weight excluding hydrogens is 214 g/mol. The smallest absolute Gasteiger partial charge is 0.241 e. The number of hydrogen-bond donors (Lipinski definition) is 1. The Bertz CT molecular complexity index is 470. The number of hydrogen-bond acceptors (Lipinski definition) is 4. The van der Waals surface area contributed by atoms with Crippen molar-refractivity contribution < 1.29 is 8.42 Å². The van der Waals surface area contributed by atoms with Gasteiger partial charge in [0.25, 0.3) is 10.0 Å². The predicted molar refractivity (Wildman–Crippen MR) is 54.7 cm³/mol. The van der Waals surface area contributed by atoms with Gasteiger partial charge >= 0.3 is 0 Å². The number of primary sulfonamides is 1. The minimum Gasteiger partial charge on any atom is -0.241 e. The van der Waals surface area contributed by atoms with Crippen molar-refractivity contribution in [2.75, 3.05) is 0 Å². The van der Waals surface area contributed by atoms with Crippen molar-refractivity contribution >= 4 is 10.0 Å². The number of fused-ring (bicyclic) bond motifs is 1. The Morgan fingerprint density at radius 1 is 1.13 bits per heavy atom. The van der Waals surface area contributed by atoms with E-state index in [2.05, 4.69) is 9.97 Å². The predicted octanol–water partition coefficient (Wildman–Crippen LogP) is 0.393. The zero-order valence-corrected chi connectivity index (χ0v) is 9.13. The van der Waals surface area contributed by atoms with Crippen LogP contribution in [0.2, 0.25) is 0 Å². The maximum Gasteiger partial charge on any atom is 0.255 e. The molecule has 5 nitrogen and oxygen atoms in total. The topological polar surface area (TPSA) is 85.9 Å². The highest BCUT2D eigenvalue weighted by atomic mass is 32.2. The third-order valence-electron chi connectivity index (χ3n) is 2.60. The molecule has 6 heteroatoms. The molecule has 15 heavy (non-hydrogen) atoms. The fourth-order valence-corrected chi connectivity index (χ4v) is 2.67. The van der Waals surface area contributed by atoms with Gasteiger partial charge in [-0.15, -0.1) is 0 Å². The minimum atomic E-state index is -3.71. The molecule has 0 amide bonds. The normalized spacial score (nSPS) is 16.9. The van der Waals surface area contributed by atoms with E-state index >= 15 is 0 Å². The van der Waals surface area contributed by atoms with E-state index in [1.165, 1.54) is 6.33 Å². The maximum atomic E-state index is 11.3. The standard InChI is InChI=1S/C9H13N3O2S/c10-15(13,14)9-7-4-2-1-3-5-8(7)11-6-12-9/h6H,1-5H2,(H2,10,13,14). The molecule has 1 aliphatic rings. The lowest BCUT2D eigenvalue weighted by Crippen LogP contribution is -2.18. The lowest BCUT2D eigenvalue weighted by molar-refractivity contribution is 0.590. The van der Waals surface area contributed by atoms with Crippen molar-refractivity contribution in [1.82, 2.24) is 9.97 Å². The first-order valence-electron chi connectivity index (χ1n) is 4.94. The quantitative estimate of drug-likeness (QED) is 0.555. The molecule has 0 atom stereocenters. The van der Waals surface area contributed by atoms with Gasteiger partial charge in [-0.2, -0.15) is 0 Å². The van der Waals surface area contributed by atoms with Gasteiger partial charge in [0, 0.05) is 11.3 Å². The van der Waals surface area contributed by atoms with Crippen LogP contribution in [0.25, 0.3) is 0 Å². The number of nitrogens with two attached hydrogens (primary N) is 1. The van der Waals surface area contributed by atoms with E-state index in [4.69, 9.17) is 5.14 Å². The van der Waals surface area contributed by atoms with Crippen molar-refractivity contribution in [2.45, 2.75) is 37.1 Å². The molecule has 2 rings (SSSR count). The molecule has 0 aromatic carbocycles. The third-order valence-corrected chi connectivity index (χ3v) is 3.50. The van der Waals surface area contributed by atoms with Gasteiger partial charge in [-0.3, -0.25) is 0 Å². The number of rotatable bonds is 1. The Hall–Kier alpha value is -1.01. The molecule has 0 fully saturated rings. The summed E-state index contributed by atoms with van der Waals surface area (Å²) >= 11 is 0. The molecule has 1 aromatic rings. The van der Waals surface area contributed by atoms with Crippen LogP contribution < -0.4 is 5.14 Å². The molecule has 1 heterocycles. The Morgan fingerprint density at radius 3 is 2.60 bits per heavy atom. The Labute approximate surface area is 88.8 Å². The number of aromatic nitrogens is 2. The largest absolute Gasteiger partial charge is 0.255 e. The maximum absolute atomic E-state index is 11.3. The van der Waals surface area contributed by atoms with E-state index < -0.39 is 10.0 Å². The second-order valence-corrected chi connectivity index (χ2v) is 5.19. The number of nitrogens with zero attached hydrogens (tertiary/aromatic N) is 2. The molecule has 0 unspecified atom stereocenters. The van der Waals surface area contributed by atoms with E-state index in [9.17, 15) is 8.42 Å². The SMILES string of the molecule is NS(=O)(=O)c1ncnc2c1CCCCC2. The van der Waals surface area contributed by atoms with E-state index in [-0.39, 0.29) is 5.03 Å². The first kappa shape index (κ1) is 10.5. The second kappa shape index (κ2) is 3.86. The molecule has 82 valence electrons. The van der Waals surface area contributed by atoms with E-state index in [1.54, 1.807) is 0 Å². The second-order valence-electron chi connectivity index (χ2n) is 3.71. The van der Waals surface area contributed by atoms with Gasteiger partial charge in [0.15, 0.2) is 5.03 Å². The summed E-state index contributed by atoms with van der Waals surface area (Å²) in [5, 5.41) is 5.12. The van der Waals surface area contributed by atoms with E-state index in [1.807, 2.05) is 0 Å². The highest BCUT2D eigenvalue weighted by Gasteiger charge is 2.20. The van der Waals surface area contributed by atoms with Crippen LogP contribution in [-0.2, 0) is 22.9 Å². The highest BCUT2D eigenvalue weighted by molar-refractivity contribution is 7.89. The lowest BCUT2D eigenvalue weighted by atomic mass is 10.1. The minimum absolute atomic E-state index is 0.00870. The molecule has 0 aliphatic heterocycles. The van der Waals surface area contributed by atoms with Gasteiger partial charge in [0.05, 0.1) is 0 Å². The average molecular weight is 227 g/mol. The van der Waals surface area contributed by atoms with Crippen LogP contribution in [0.5, 0.6) is 0 Å². The van der Waals surface area contributed by atoms with E-state index in [0.29, 0.717) is 6.42 Å². The summed E-state index contributed by atoms with van der Waals surface area (Å²) in [6.45, 7) is 0. The van der Waals surface area contributed by atoms with Crippen LogP contribution >= 0.6 is 0 Å². The summed E-state index contributed by atoms with van der Waals surface area (Å²) in [5.74, 6) is 0. The van der Waals surface area contributed by atoms with Crippen LogP contribution in [0.15, 0.2) is 11.4 Å². The van der Waals surface area contributed by atoms with Crippen molar-refractivity contribution in [3.63, 3.8) is 0 Å². The summed E-state index contributed by atoms with van der Waals surface area (Å²) in [6, 6.07) is 0. The fraction of sp³-hybridized carbons (Fsp3) is 0.556. The number of aryl methyl sites for hydroxylation is 1. The van der Waals surface area contributed by atoms with Crippen molar-refractivity contribution in [2.24, 2.45) is 5.14 Å². The Balaban J connectivity index is 2.58. The molecule has 2 N–H and O–H groups in total. The molecule has 1 aromatic heterocycles. The van der Waals surface area contributed by atoms with Gasteiger partial charge in [0.2, 0.25) is 0 Å². The lowest BCUT2D eigenvalue weighted by Gasteiger charge is -2.07. The zero-order valence-electron chi connectivity index (χ0n) is 8.31. The van der Waals surface area contributed by atoms with Crippen LogP contribution in [-0.4, -0.2) is 18.4 Å². The van der Waals surface area contributed by atoms with Crippen molar-refractivity contribution in [1.29, 1.82) is 0 Å². The molecule has 0 bridgehead atoms. The summed E-state index contributed by atoms with van der Waals surface area (Å²) < 4.78 is 22.6. The Kier molecular flexibility index (Phi) is 2.70. The van der Waals surface area contributed by atoms with Crippen molar-refractivity contribution in [3.05, 3.63) is 17.6 Å². The molecule has 0 radical (unpaired) electrons. The van der Waals surface area contributed by atoms with Gasteiger partial charge in [0.1, 0.15) is 6.33 Å². The fourth-order valence-electron chi connectivity index (χ4n) is 1.91. The summed E-state index contributed by atoms with van der Waals surface area (Å²) in [4.78, 5) is 7.90. The third kappa shape index (κ3) is 2.15. The summed E-state index contributed by atoms with van der Waals surface area (Å²) in [6.07, 6.45) is 5.93. The van der Waals surface area contributed by atoms with Crippen LogP contribution in [0, 0.1) is 0 Å². The van der Waals surface area contributed by atoms with Crippen LogP contribution in [0.1, 0.15) is 30.5 Å². The molecule has 1 aliphatic carbocycles. The van der Waals surface area contributed by atoms with Crippen molar-refractivity contribution in [3.8, 4) is 0 Å². The monoisotopic (exact) mass is 227 g/mol. The highest BCUT2D eigenvalue weighted by Crippen LogP contribution is 2.22. The van der Waals surface area contributed by atoms with Gasteiger partial charge in [-0.1, -0.05) is 6.42 Å². The summed E-state index contributed by atoms with van der Waals surface area (Å²) in [7, 11) is -3.71. The molecule has 0 saturated heterocycles. The molecular formula is C9H13N3O2S. The first-order chi connectivity index (χ1) is 7.09. The molecule has 0 spiro atoms.